The summed E-state index contributed by atoms with van der Waals surface area (Å²) in [6.07, 6.45) is 0. The van der Waals surface area contributed by atoms with E-state index in [1.54, 1.807) is 19.1 Å². The van der Waals surface area contributed by atoms with E-state index < -0.39 is 5.91 Å². The summed E-state index contributed by atoms with van der Waals surface area (Å²) < 4.78 is 15.2. The number of aryl methyl sites for hydroxylation is 2. The van der Waals surface area contributed by atoms with E-state index in [4.69, 9.17) is 5.73 Å². The van der Waals surface area contributed by atoms with Gasteiger partial charge < -0.3 is 5.73 Å². The third-order valence-electron chi connectivity index (χ3n) is 3.95. The Balaban J connectivity index is 1.98. The number of primary amides is 1. The first-order valence-electron chi connectivity index (χ1n) is 7.64. The molecule has 0 unspecified atom stereocenters. The van der Waals surface area contributed by atoms with Gasteiger partial charge in [-0.25, -0.2) is 4.39 Å². The van der Waals surface area contributed by atoms with Gasteiger partial charge in [-0.05, 0) is 37.1 Å². The van der Waals surface area contributed by atoms with E-state index >= 15 is 0 Å². The van der Waals surface area contributed by atoms with Gasteiger partial charge in [0, 0.05) is 5.56 Å². The number of carbonyl (C=O) groups is 1. The van der Waals surface area contributed by atoms with Gasteiger partial charge in [-0.15, -0.1) is 0 Å². The summed E-state index contributed by atoms with van der Waals surface area (Å²) in [4.78, 5) is 11.7. The van der Waals surface area contributed by atoms with E-state index in [9.17, 15) is 9.18 Å². The van der Waals surface area contributed by atoms with Crippen LogP contribution in [-0.2, 0) is 6.54 Å². The standard InChI is InChI=1S/C19H18FN3O/c1-12-3-7-15(8-4-12)17-10-18(19(21)24)23(22-17)11-14-6-5-13(2)16(20)9-14/h3-10H,11H2,1-2H3,(H2,21,24). The lowest BCUT2D eigenvalue weighted by atomic mass is 10.1. The molecule has 1 amide bonds. The van der Waals surface area contributed by atoms with Crippen LogP contribution in [0.15, 0.2) is 48.5 Å². The van der Waals surface area contributed by atoms with Crippen LogP contribution in [0.25, 0.3) is 11.3 Å². The van der Waals surface area contributed by atoms with Crippen molar-refractivity contribution in [3.8, 4) is 11.3 Å². The molecule has 0 saturated heterocycles. The smallest absolute Gasteiger partial charge is 0.267 e. The van der Waals surface area contributed by atoms with Gasteiger partial charge in [0.25, 0.3) is 5.91 Å². The number of rotatable bonds is 4. The summed E-state index contributed by atoms with van der Waals surface area (Å²) in [5.74, 6) is -0.840. The van der Waals surface area contributed by atoms with Gasteiger partial charge in [0.05, 0.1) is 12.2 Å². The van der Waals surface area contributed by atoms with E-state index in [0.717, 1.165) is 16.7 Å². The second kappa shape index (κ2) is 6.28. The van der Waals surface area contributed by atoms with E-state index in [1.807, 2.05) is 37.3 Å². The van der Waals surface area contributed by atoms with Crippen LogP contribution in [0, 0.1) is 19.7 Å². The SMILES string of the molecule is Cc1ccc(-c2cc(C(N)=O)n(Cc3ccc(C)c(F)c3)n2)cc1. The van der Waals surface area contributed by atoms with Gasteiger partial charge in [-0.1, -0.05) is 42.0 Å². The lowest BCUT2D eigenvalue weighted by Gasteiger charge is -2.06. The topological polar surface area (TPSA) is 60.9 Å². The number of carbonyl (C=O) groups excluding carboxylic acids is 1. The highest BCUT2D eigenvalue weighted by Gasteiger charge is 2.14. The van der Waals surface area contributed by atoms with Crippen molar-refractivity contribution < 1.29 is 9.18 Å². The monoisotopic (exact) mass is 323 g/mol. The maximum absolute atomic E-state index is 13.7. The molecule has 2 N–H and O–H groups in total. The quantitative estimate of drug-likeness (QED) is 0.799. The molecule has 0 fully saturated rings. The second-order valence-corrected chi connectivity index (χ2v) is 5.89. The highest BCUT2D eigenvalue weighted by atomic mass is 19.1. The van der Waals surface area contributed by atoms with Crippen molar-refractivity contribution in [2.24, 2.45) is 5.73 Å². The third-order valence-corrected chi connectivity index (χ3v) is 3.95. The summed E-state index contributed by atoms with van der Waals surface area (Å²) in [7, 11) is 0. The van der Waals surface area contributed by atoms with E-state index in [0.29, 0.717) is 17.0 Å². The summed E-state index contributed by atoms with van der Waals surface area (Å²) in [6.45, 7) is 3.99. The van der Waals surface area contributed by atoms with Crippen molar-refractivity contribution >= 4 is 5.91 Å². The summed E-state index contributed by atoms with van der Waals surface area (Å²) >= 11 is 0. The Kier molecular flexibility index (Phi) is 4.16. The zero-order valence-corrected chi connectivity index (χ0v) is 13.6. The van der Waals surface area contributed by atoms with Crippen molar-refractivity contribution in [3.63, 3.8) is 0 Å². The van der Waals surface area contributed by atoms with Crippen molar-refractivity contribution in [2.45, 2.75) is 20.4 Å². The van der Waals surface area contributed by atoms with Crippen molar-refractivity contribution in [1.82, 2.24) is 9.78 Å². The molecule has 122 valence electrons. The van der Waals surface area contributed by atoms with E-state index in [-0.39, 0.29) is 12.4 Å². The molecule has 3 rings (SSSR count). The fraction of sp³-hybridized carbons (Fsp3) is 0.158. The minimum Gasteiger partial charge on any atom is -0.364 e. The third kappa shape index (κ3) is 3.20. The Morgan fingerprint density at radius 2 is 1.83 bits per heavy atom. The van der Waals surface area contributed by atoms with Gasteiger partial charge in [-0.3, -0.25) is 9.48 Å². The fourth-order valence-electron chi connectivity index (χ4n) is 2.51. The van der Waals surface area contributed by atoms with Gasteiger partial charge in [0.15, 0.2) is 0 Å². The van der Waals surface area contributed by atoms with Crippen molar-refractivity contribution in [1.29, 1.82) is 0 Å². The van der Waals surface area contributed by atoms with Crippen molar-refractivity contribution in [2.75, 3.05) is 0 Å². The molecule has 24 heavy (non-hydrogen) atoms. The lowest BCUT2D eigenvalue weighted by Crippen LogP contribution is -2.18. The van der Waals surface area contributed by atoms with E-state index in [1.165, 1.54) is 10.7 Å². The molecule has 0 atom stereocenters. The minimum atomic E-state index is -0.562. The summed E-state index contributed by atoms with van der Waals surface area (Å²) in [5.41, 5.74) is 9.77. The molecule has 0 spiro atoms. The first kappa shape index (κ1) is 15.9. The molecule has 5 heteroatoms. The Bertz CT molecular complexity index is 897. The average Bonchev–Trinajstić information content (AvgIpc) is 2.96. The van der Waals surface area contributed by atoms with Gasteiger partial charge >= 0.3 is 0 Å². The van der Waals surface area contributed by atoms with Gasteiger partial charge in [0.1, 0.15) is 11.5 Å². The normalized spacial score (nSPS) is 10.8. The Labute approximate surface area is 139 Å². The van der Waals surface area contributed by atoms with Crippen LogP contribution in [0.4, 0.5) is 4.39 Å². The maximum Gasteiger partial charge on any atom is 0.267 e. The Hall–Kier alpha value is -2.95. The molecule has 1 heterocycles. The number of hydrogen-bond acceptors (Lipinski definition) is 2. The first-order chi connectivity index (χ1) is 11.4. The molecule has 1 aromatic heterocycles. The predicted molar refractivity (Wildman–Crippen MR) is 91.2 cm³/mol. The Morgan fingerprint density at radius 3 is 2.46 bits per heavy atom. The molecular weight excluding hydrogens is 305 g/mol. The zero-order chi connectivity index (χ0) is 17.3. The highest BCUT2D eigenvalue weighted by molar-refractivity contribution is 5.92. The van der Waals surface area contributed by atoms with Crippen LogP contribution in [0.5, 0.6) is 0 Å². The second-order valence-electron chi connectivity index (χ2n) is 5.89. The summed E-state index contributed by atoms with van der Waals surface area (Å²) in [6, 6.07) is 14.5. The minimum absolute atomic E-state index is 0.279. The fourth-order valence-corrected chi connectivity index (χ4v) is 2.51. The molecule has 0 bridgehead atoms. The van der Waals surface area contributed by atoms with Crippen LogP contribution >= 0.6 is 0 Å². The molecule has 0 radical (unpaired) electrons. The number of benzene rings is 2. The Morgan fingerprint density at radius 1 is 1.12 bits per heavy atom. The van der Waals surface area contributed by atoms with E-state index in [2.05, 4.69) is 5.10 Å². The molecule has 0 aliphatic heterocycles. The predicted octanol–water partition coefficient (Wildman–Crippen LogP) is 3.45. The maximum atomic E-state index is 13.7. The molecule has 0 aliphatic carbocycles. The molecule has 3 aromatic rings. The van der Waals surface area contributed by atoms with Crippen LogP contribution in [0.2, 0.25) is 0 Å². The van der Waals surface area contributed by atoms with Gasteiger partial charge in [0.2, 0.25) is 0 Å². The number of nitrogens with two attached hydrogens (primary N) is 1. The molecular formula is C19H18FN3O. The van der Waals surface area contributed by atoms with Crippen molar-refractivity contribution in [3.05, 3.63) is 76.7 Å². The number of nitrogens with zero attached hydrogens (tertiary/aromatic N) is 2. The average molecular weight is 323 g/mol. The highest BCUT2D eigenvalue weighted by Crippen LogP contribution is 2.21. The molecule has 4 nitrogen and oxygen atoms in total. The van der Waals surface area contributed by atoms with Gasteiger partial charge in [-0.2, -0.15) is 5.10 Å². The molecule has 0 saturated carbocycles. The first-order valence-corrected chi connectivity index (χ1v) is 7.64. The van der Waals surface area contributed by atoms with Crippen LogP contribution in [0.1, 0.15) is 27.2 Å². The molecule has 2 aromatic carbocycles. The largest absolute Gasteiger partial charge is 0.364 e. The number of aromatic nitrogens is 2. The van der Waals surface area contributed by atoms with Crippen LogP contribution in [0.3, 0.4) is 0 Å². The zero-order valence-electron chi connectivity index (χ0n) is 13.6. The lowest BCUT2D eigenvalue weighted by molar-refractivity contribution is 0.0990. The number of halogens is 1. The molecule has 0 aliphatic rings. The number of amides is 1. The number of hydrogen-bond donors (Lipinski definition) is 1. The summed E-state index contributed by atoms with van der Waals surface area (Å²) in [5, 5.41) is 4.47. The van der Waals surface area contributed by atoms with Crippen LogP contribution < -0.4 is 5.73 Å². The van der Waals surface area contributed by atoms with Crippen LogP contribution in [-0.4, -0.2) is 15.7 Å².